The summed E-state index contributed by atoms with van der Waals surface area (Å²) >= 11 is 0. The molecule has 6 heteroatoms. The number of aromatic carboxylic acids is 1. The highest BCUT2D eigenvalue weighted by atomic mass is 16.4. The zero-order valence-electron chi connectivity index (χ0n) is 11.9. The van der Waals surface area contributed by atoms with Crippen molar-refractivity contribution in [2.45, 2.75) is 6.92 Å². The maximum absolute atomic E-state index is 11.2. The van der Waals surface area contributed by atoms with Gasteiger partial charge in [0.05, 0.1) is 23.1 Å². The third-order valence-electron chi connectivity index (χ3n) is 3.22. The molecule has 3 aromatic rings. The number of aromatic nitrogens is 3. The summed E-state index contributed by atoms with van der Waals surface area (Å²) in [5.74, 6) is -0.413. The summed E-state index contributed by atoms with van der Waals surface area (Å²) in [5, 5.41) is 16.7. The van der Waals surface area contributed by atoms with E-state index >= 15 is 0 Å². The zero-order chi connectivity index (χ0) is 15.5. The van der Waals surface area contributed by atoms with Gasteiger partial charge in [-0.15, -0.1) is 5.10 Å². The van der Waals surface area contributed by atoms with Gasteiger partial charge in [0.2, 0.25) is 0 Å². The Balaban J connectivity index is 1.94. The van der Waals surface area contributed by atoms with E-state index in [0.717, 1.165) is 11.3 Å². The molecule has 2 N–H and O–H groups in total. The van der Waals surface area contributed by atoms with Crippen LogP contribution in [-0.2, 0) is 0 Å². The highest BCUT2D eigenvalue weighted by Crippen LogP contribution is 2.22. The summed E-state index contributed by atoms with van der Waals surface area (Å²) in [5.41, 5.74) is 2.41. The molecule has 0 radical (unpaired) electrons. The summed E-state index contributed by atoms with van der Waals surface area (Å²) in [6, 6.07) is 11.2. The van der Waals surface area contributed by atoms with Crippen LogP contribution in [0.3, 0.4) is 0 Å². The number of nitrogens with zero attached hydrogens (tertiary/aromatic N) is 3. The molecule has 0 aliphatic carbocycles. The van der Waals surface area contributed by atoms with Crippen LogP contribution in [-0.4, -0.2) is 25.8 Å². The molecular formula is C16H14N4O2. The number of nitrogens with one attached hydrogen (secondary N) is 1. The fourth-order valence-corrected chi connectivity index (χ4v) is 2.10. The Kier molecular flexibility index (Phi) is 3.57. The second-order valence-electron chi connectivity index (χ2n) is 4.79. The minimum Gasteiger partial charge on any atom is -0.478 e. The van der Waals surface area contributed by atoms with Crippen molar-refractivity contribution in [3.8, 4) is 5.69 Å². The lowest BCUT2D eigenvalue weighted by atomic mass is 10.2. The van der Waals surface area contributed by atoms with Gasteiger partial charge >= 0.3 is 5.97 Å². The van der Waals surface area contributed by atoms with Crippen molar-refractivity contribution in [3.63, 3.8) is 0 Å². The van der Waals surface area contributed by atoms with Crippen LogP contribution in [0.2, 0.25) is 0 Å². The molecule has 0 aliphatic heterocycles. The van der Waals surface area contributed by atoms with Gasteiger partial charge in [-0.05, 0) is 25.1 Å². The zero-order valence-corrected chi connectivity index (χ0v) is 11.9. The summed E-state index contributed by atoms with van der Waals surface area (Å²) in [6.07, 6.45) is 4.81. The van der Waals surface area contributed by atoms with Gasteiger partial charge in [0.1, 0.15) is 0 Å². The average Bonchev–Trinajstić information content (AvgIpc) is 2.90. The fraction of sp³-hybridized carbons (Fsp3) is 0.0625. The number of para-hydroxylation sites is 1. The number of carboxylic acid groups (broad SMARTS) is 1. The molecule has 6 nitrogen and oxygen atoms in total. The number of carboxylic acids is 1. The lowest BCUT2D eigenvalue weighted by Gasteiger charge is -2.07. The first-order chi connectivity index (χ1) is 10.6. The Bertz CT molecular complexity index is 812. The first-order valence-electron chi connectivity index (χ1n) is 6.71. The maximum atomic E-state index is 11.2. The van der Waals surface area contributed by atoms with Crippen molar-refractivity contribution < 1.29 is 9.90 Å². The third kappa shape index (κ3) is 2.67. The molecule has 0 fully saturated rings. The lowest BCUT2D eigenvalue weighted by molar-refractivity contribution is 0.0698. The number of aryl methyl sites for hydroxylation is 1. The van der Waals surface area contributed by atoms with E-state index in [0.29, 0.717) is 11.5 Å². The molecular weight excluding hydrogens is 280 g/mol. The van der Waals surface area contributed by atoms with Crippen LogP contribution in [0.1, 0.15) is 15.9 Å². The summed E-state index contributed by atoms with van der Waals surface area (Å²) in [4.78, 5) is 15.2. The molecule has 2 heterocycles. The molecule has 0 aliphatic rings. The number of benzene rings is 1. The molecule has 0 saturated heterocycles. The molecule has 0 saturated carbocycles. The quantitative estimate of drug-likeness (QED) is 0.773. The first kappa shape index (κ1) is 13.8. The van der Waals surface area contributed by atoms with Crippen molar-refractivity contribution in [2.75, 3.05) is 5.32 Å². The first-order valence-corrected chi connectivity index (χ1v) is 6.71. The summed E-state index contributed by atoms with van der Waals surface area (Å²) in [6.45, 7) is 1.91. The van der Waals surface area contributed by atoms with Crippen molar-refractivity contribution in [2.24, 2.45) is 0 Å². The molecule has 22 heavy (non-hydrogen) atoms. The van der Waals surface area contributed by atoms with Gasteiger partial charge in [0, 0.05) is 18.0 Å². The van der Waals surface area contributed by atoms with E-state index in [-0.39, 0.29) is 5.56 Å². The number of hydrogen-bond donors (Lipinski definition) is 2. The highest BCUT2D eigenvalue weighted by molar-refractivity contribution is 5.94. The molecule has 1 aromatic carbocycles. The van der Waals surface area contributed by atoms with Crippen LogP contribution < -0.4 is 5.32 Å². The van der Waals surface area contributed by atoms with Gasteiger partial charge in [-0.3, -0.25) is 4.98 Å². The van der Waals surface area contributed by atoms with Gasteiger partial charge in [-0.25, -0.2) is 9.48 Å². The number of rotatable bonds is 4. The second kappa shape index (κ2) is 5.69. The largest absolute Gasteiger partial charge is 0.478 e. The average molecular weight is 294 g/mol. The van der Waals surface area contributed by atoms with Gasteiger partial charge in [0.25, 0.3) is 0 Å². The number of carbonyl (C=O) groups is 1. The molecule has 0 bridgehead atoms. The van der Waals surface area contributed by atoms with Gasteiger partial charge < -0.3 is 10.4 Å². The predicted octanol–water partition coefficient (Wildman–Crippen LogP) is 3.02. The van der Waals surface area contributed by atoms with E-state index in [1.807, 2.05) is 43.5 Å². The van der Waals surface area contributed by atoms with E-state index in [9.17, 15) is 9.90 Å². The van der Waals surface area contributed by atoms with Crippen LogP contribution in [0.25, 0.3) is 5.69 Å². The molecule has 0 spiro atoms. The maximum Gasteiger partial charge on any atom is 0.337 e. The van der Waals surface area contributed by atoms with Crippen LogP contribution >= 0.6 is 0 Å². The lowest BCUT2D eigenvalue weighted by Crippen LogP contribution is -2.04. The van der Waals surface area contributed by atoms with E-state index in [1.165, 1.54) is 18.5 Å². The number of pyridine rings is 1. The Hall–Kier alpha value is -3.15. The second-order valence-corrected chi connectivity index (χ2v) is 4.79. The molecule has 0 unspecified atom stereocenters. The molecule has 0 atom stereocenters. The Morgan fingerprint density at radius 2 is 2.00 bits per heavy atom. The molecule has 110 valence electrons. The van der Waals surface area contributed by atoms with E-state index in [1.54, 1.807) is 4.68 Å². The van der Waals surface area contributed by atoms with Crippen molar-refractivity contribution in [1.29, 1.82) is 0 Å². The SMILES string of the molecule is Cc1cn(-c2ccccc2)nc1Nc1cnccc1C(=O)O. The van der Waals surface area contributed by atoms with Gasteiger partial charge in [0.15, 0.2) is 5.82 Å². The molecule has 3 rings (SSSR count). The monoisotopic (exact) mass is 294 g/mol. The van der Waals surface area contributed by atoms with E-state index in [4.69, 9.17) is 0 Å². The van der Waals surface area contributed by atoms with Crippen LogP contribution in [0.4, 0.5) is 11.5 Å². The number of anilines is 2. The standard InChI is InChI=1S/C16H14N4O2/c1-11-10-20(12-5-3-2-4-6-12)19-15(11)18-14-9-17-8-7-13(14)16(21)22/h2-10H,1H3,(H,18,19)(H,21,22). The number of hydrogen-bond acceptors (Lipinski definition) is 4. The van der Waals surface area contributed by atoms with E-state index < -0.39 is 5.97 Å². The minimum absolute atomic E-state index is 0.156. The van der Waals surface area contributed by atoms with Crippen LogP contribution in [0, 0.1) is 6.92 Å². The van der Waals surface area contributed by atoms with Crippen molar-refractivity contribution >= 4 is 17.5 Å². The molecule has 2 aromatic heterocycles. The van der Waals surface area contributed by atoms with Gasteiger partial charge in [-0.1, -0.05) is 18.2 Å². The molecule has 0 amide bonds. The highest BCUT2D eigenvalue weighted by Gasteiger charge is 2.13. The normalized spacial score (nSPS) is 10.4. The Labute approximate surface area is 127 Å². The third-order valence-corrected chi connectivity index (χ3v) is 3.22. The minimum atomic E-state index is -1.01. The van der Waals surface area contributed by atoms with Gasteiger partial charge in [-0.2, -0.15) is 0 Å². The Morgan fingerprint density at radius 1 is 1.23 bits per heavy atom. The fourth-order valence-electron chi connectivity index (χ4n) is 2.10. The van der Waals surface area contributed by atoms with Crippen molar-refractivity contribution in [3.05, 3.63) is 66.1 Å². The van der Waals surface area contributed by atoms with E-state index in [2.05, 4.69) is 15.4 Å². The Morgan fingerprint density at radius 3 is 2.73 bits per heavy atom. The van der Waals surface area contributed by atoms with Crippen molar-refractivity contribution in [1.82, 2.24) is 14.8 Å². The smallest absolute Gasteiger partial charge is 0.337 e. The summed E-state index contributed by atoms with van der Waals surface area (Å²) in [7, 11) is 0. The van der Waals surface area contributed by atoms with Crippen LogP contribution in [0.5, 0.6) is 0 Å². The topological polar surface area (TPSA) is 80.0 Å². The predicted molar refractivity (Wildman–Crippen MR) is 82.8 cm³/mol. The summed E-state index contributed by atoms with van der Waals surface area (Å²) < 4.78 is 1.74. The van der Waals surface area contributed by atoms with Crippen LogP contribution in [0.15, 0.2) is 55.0 Å².